The lowest BCUT2D eigenvalue weighted by Crippen LogP contribution is -2.41. The minimum absolute atomic E-state index is 0.0492. The first-order valence-electron chi connectivity index (χ1n) is 7.04. The summed E-state index contributed by atoms with van der Waals surface area (Å²) in [4.78, 5) is 0. The molecule has 2 rings (SSSR count). The third kappa shape index (κ3) is 2.87. The second-order valence-electron chi connectivity index (χ2n) is 7.24. The average Bonchev–Trinajstić information content (AvgIpc) is 2.49. The van der Waals surface area contributed by atoms with Crippen LogP contribution in [0, 0.1) is 0 Å². The molecule has 1 aliphatic rings. The van der Waals surface area contributed by atoms with E-state index in [2.05, 4.69) is 65.8 Å². The third-order valence-corrected chi connectivity index (χ3v) is 4.39. The second kappa shape index (κ2) is 4.64. The van der Waals surface area contributed by atoms with Gasteiger partial charge in [0.15, 0.2) is 0 Å². The first-order valence-corrected chi connectivity index (χ1v) is 7.04. The van der Waals surface area contributed by atoms with Gasteiger partial charge in [-0.2, -0.15) is 0 Å². The Balaban J connectivity index is 2.14. The van der Waals surface area contributed by atoms with Crippen LogP contribution >= 0.6 is 0 Å². The highest BCUT2D eigenvalue weighted by molar-refractivity contribution is 6.49. The van der Waals surface area contributed by atoms with Crippen LogP contribution in [0.5, 0.6) is 0 Å². The molecule has 19 heavy (non-hydrogen) atoms. The van der Waals surface area contributed by atoms with E-state index in [4.69, 9.17) is 9.31 Å². The highest BCUT2D eigenvalue weighted by Crippen LogP contribution is 2.46. The van der Waals surface area contributed by atoms with Gasteiger partial charge in [-0.25, -0.2) is 0 Å². The SMILES string of the molecule is CC(C)(Cc1ccccc1)B1OC(C)(C)C(C)(C)O1. The molecule has 3 heteroatoms. The molecule has 0 unspecified atom stereocenters. The summed E-state index contributed by atoms with van der Waals surface area (Å²) in [5.74, 6) is 0. The second-order valence-corrected chi connectivity index (χ2v) is 7.24. The van der Waals surface area contributed by atoms with Crippen molar-refractivity contribution in [3.05, 3.63) is 35.9 Å². The summed E-state index contributed by atoms with van der Waals surface area (Å²) in [5, 5.41) is -0.0492. The Hall–Kier alpha value is -0.795. The summed E-state index contributed by atoms with van der Waals surface area (Å²) in [5.41, 5.74) is 0.805. The van der Waals surface area contributed by atoms with Crippen molar-refractivity contribution in [3.63, 3.8) is 0 Å². The van der Waals surface area contributed by atoms with E-state index in [-0.39, 0.29) is 23.6 Å². The Morgan fingerprint density at radius 1 is 0.947 bits per heavy atom. The molecule has 1 fully saturated rings. The lowest BCUT2D eigenvalue weighted by molar-refractivity contribution is 0.00578. The normalized spacial score (nSPS) is 21.7. The molecule has 0 saturated carbocycles. The molecule has 104 valence electrons. The summed E-state index contributed by atoms with van der Waals surface area (Å²) >= 11 is 0. The van der Waals surface area contributed by atoms with Crippen molar-refractivity contribution < 1.29 is 9.31 Å². The zero-order chi connectivity index (χ0) is 14.3. The molecule has 1 saturated heterocycles. The molecule has 1 aromatic rings. The number of benzene rings is 1. The van der Waals surface area contributed by atoms with Crippen molar-refractivity contribution in [2.75, 3.05) is 0 Å². The molecule has 1 heterocycles. The van der Waals surface area contributed by atoms with E-state index in [1.165, 1.54) is 5.56 Å². The molecule has 0 atom stereocenters. The molecule has 1 aromatic carbocycles. The van der Waals surface area contributed by atoms with Crippen LogP contribution in [0.3, 0.4) is 0 Å². The van der Waals surface area contributed by atoms with E-state index in [0.29, 0.717) is 0 Å². The molecular weight excluding hydrogens is 235 g/mol. The number of hydrogen-bond donors (Lipinski definition) is 0. The standard InChI is InChI=1S/C16H25BO2/c1-14(2,12-13-10-8-7-9-11-13)17-18-15(3,4)16(5,6)19-17/h7-11H,12H2,1-6H3. The smallest absolute Gasteiger partial charge is 0.403 e. The Labute approximate surface area is 117 Å². The maximum absolute atomic E-state index is 6.18. The van der Waals surface area contributed by atoms with Crippen molar-refractivity contribution in [1.29, 1.82) is 0 Å². The Morgan fingerprint density at radius 2 is 1.42 bits per heavy atom. The Morgan fingerprint density at radius 3 is 1.89 bits per heavy atom. The van der Waals surface area contributed by atoms with Crippen molar-refractivity contribution in [3.8, 4) is 0 Å². The summed E-state index contributed by atoms with van der Waals surface area (Å²) in [6.45, 7) is 12.8. The molecule has 0 bridgehead atoms. The predicted molar refractivity (Wildman–Crippen MR) is 80.3 cm³/mol. The van der Waals surface area contributed by atoms with Crippen molar-refractivity contribution >= 4 is 7.12 Å². The van der Waals surface area contributed by atoms with Crippen LogP contribution in [0.2, 0.25) is 5.31 Å². The summed E-state index contributed by atoms with van der Waals surface area (Å²) < 4.78 is 12.4. The highest BCUT2D eigenvalue weighted by Gasteiger charge is 2.56. The van der Waals surface area contributed by atoms with E-state index in [1.807, 2.05) is 6.07 Å². The number of rotatable bonds is 3. The quantitative estimate of drug-likeness (QED) is 0.762. The van der Waals surface area contributed by atoms with E-state index >= 15 is 0 Å². The summed E-state index contributed by atoms with van der Waals surface area (Å²) in [7, 11) is -0.169. The van der Waals surface area contributed by atoms with Crippen molar-refractivity contribution in [1.82, 2.24) is 0 Å². The van der Waals surface area contributed by atoms with Crippen LogP contribution in [-0.4, -0.2) is 18.3 Å². The predicted octanol–water partition coefficient (Wildman–Crippen LogP) is 4.10. The maximum Gasteiger partial charge on any atom is 0.464 e. The first-order chi connectivity index (χ1) is 8.64. The van der Waals surface area contributed by atoms with E-state index in [0.717, 1.165) is 6.42 Å². The van der Waals surface area contributed by atoms with Crippen LogP contribution in [0.25, 0.3) is 0 Å². The molecule has 1 aliphatic heterocycles. The van der Waals surface area contributed by atoms with Crippen LogP contribution in [0.15, 0.2) is 30.3 Å². The molecule has 0 amide bonds. The molecule has 0 N–H and O–H groups in total. The zero-order valence-corrected chi connectivity index (χ0v) is 13.0. The van der Waals surface area contributed by atoms with Crippen molar-refractivity contribution in [2.24, 2.45) is 0 Å². The molecule has 0 radical (unpaired) electrons. The largest absolute Gasteiger partial charge is 0.464 e. The highest BCUT2D eigenvalue weighted by atomic mass is 16.7. The molecule has 0 spiro atoms. The van der Waals surface area contributed by atoms with Gasteiger partial charge < -0.3 is 9.31 Å². The maximum atomic E-state index is 6.18. The zero-order valence-electron chi connectivity index (χ0n) is 13.0. The van der Waals surface area contributed by atoms with Crippen LogP contribution in [0.4, 0.5) is 0 Å². The first kappa shape index (κ1) is 14.6. The topological polar surface area (TPSA) is 18.5 Å². The van der Waals surface area contributed by atoms with Gasteiger partial charge in [-0.15, -0.1) is 0 Å². The summed E-state index contributed by atoms with van der Waals surface area (Å²) in [6, 6.07) is 10.5. The van der Waals surface area contributed by atoms with Crippen molar-refractivity contribution in [2.45, 2.75) is 64.5 Å². The van der Waals surface area contributed by atoms with Gasteiger partial charge in [0.05, 0.1) is 11.2 Å². The fourth-order valence-corrected chi connectivity index (χ4v) is 2.37. The van der Waals surface area contributed by atoms with Gasteiger partial charge >= 0.3 is 7.12 Å². The average molecular weight is 260 g/mol. The molecule has 0 aromatic heterocycles. The van der Waals surface area contributed by atoms with Gasteiger partial charge in [0.25, 0.3) is 0 Å². The lowest BCUT2D eigenvalue weighted by Gasteiger charge is -2.32. The van der Waals surface area contributed by atoms with Gasteiger partial charge in [0.2, 0.25) is 0 Å². The van der Waals surface area contributed by atoms with Gasteiger partial charge in [-0.1, -0.05) is 44.2 Å². The minimum Gasteiger partial charge on any atom is -0.403 e. The number of hydrogen-bond acceptors (Lipinski definition) is 2. The fourth-order valence-electron chi connectivity index (χ4n) is 2.37. The van der Waals surface area contributed by atoms with E-state index < -0.39 is 0 Å². The van der Waals surface area contributed by atoms with Gasteiger partial charge in [0.1, 0.15) is 0 Å². The van der Waals surface area contributed by atoms with Gasteiger partial charge in [-0.05, 0) is 39.7 Å². The van der Waals surface area contributed by atoms with Crippen LogP contribution in [-0.2, 0) is 15.7 Å². The lowest BCUT2D eigenvalue weighted by atomic mass is 9.57. The Bertz CT molecular complexity index is 421. The summed E-state index contributed by atoms with van der Waals surface area (Å²) in [6.07, 6.45) is 0.949. The molecule has 2 nitrogen and oxygen atoms in total. The van der Waals surface area contributed by atoms with E-state index in [9.17, 15) is 0 Å². The Kier molecular flexibility index (Phi) is 3.57. The molecule has 0 aliphatic carbocycles. The van der Waals surface area contributed by atoms with Crippen LogP contribution < -0.4 is 0 Å². The fraction of sp³-hybridized carbons (Fsp3) is 0.625. The third-order valence-electron chi connectivity index (χ3n) is 4.39. The van der Waals surface area contributed by atoms with E-state index in [1.54, 1.807) is 0 Å². The van der Waals surface area contributed by atoms with Gasteiger partial charge in [0, 0.05) is 5.31 Å². The van der Waals surface area contributed by atoms with Gasteiger partial charge in [-0.3, -0.25) is 0 Å². The monoisotopic (exact) mass is 260 g/mol. The van der Waals surface area contributed by atoms with Crippen LogP contribution in [0.1, 0.15) is 47.1 Å². The molecular formula is C16H25BO2. The minimum atomic E-state index is -0.258.